The van der Waals surface area contributed by atoms with Gasteiger partial charge in [-0.1, -0.05) is 278 Å². The first-order valence-electron chi connectivity index (χ1n) is 40.8. The first kappa shape index (κ1) is 99.5. The number of hydrogen-bond acceptors (Lipinski definition) is 15. The Balaban J connectivity index is 5.42. The first-order chi connectivity index (χ1) is 50.7. The molecule has 0 aromatic carbocycles. The zero-order chi connectivity index (χ0) is 76.0. The molecule has 0 aromatic rings. The summed E-state index contributed by atoms with van der Waals surface area (Å²) in [4.78, 5) is 73.1. The van der Waals surface area contributed by atoms with Crippen molar-refractivity contribution in [2.24, 2.45) is 0 Å². The lowest BCUT2D eigenvalue weighted by Crippen LogP contribution is -2.30. The van der Waals surface area contributed by atoms with Crippen LogP contribution in [0.25, 0.3) is 0 Å². The highest BCUT2D eigenvalue weighted by atomic mass is 31.2. The van der Waals surface area contributed by atoms with Gasteiger partial charge in [-0.05, 0) is 154 Å². The van der Waals surface area contributed by atoms with Gasteiger partial charge in [0, 0.05) is 25.7 Å². The van der Waals surface area contributed by atoms with Crippen molar-refractivity contribution >= 4 is 39.5 Å². The van der Waals surface area contributed by atoms with Crippen molar-refractivity contribution in [3.63, 3.8) is 0 Å². The van der Waals surface area contributed by atoms with E-state index in [0.29, 0.717) is 25.7 Å². The third-order valence-corrected chi connectivity index (χ3v) is 18.8. The molecule has 0 aromatic heterocycles. The number of ether oxygens (including phenoxy) is 4. The summed E-state index contributed by atoms with van der Waals surface area (Å²) in [6, 6.07) is 0. The van der Waals surface area contributed by atoms with Crippen molar-refractivity contribution < 1.29 is 80.2 Å². The average Bonchev–Trinajstić information content (AvgIpc) is 0.926. The molecule has 0 aliphatic carbocycles. The Morgan fingerprint density at radius 1 is 0.279 bits per heavy atom. The maximum absolute atomic E-state index is 13.1. The van der Waals surface area contributed by atoms with E-state index in [1.807, 2.05) is 0 Å². The molecule has 19 heteroatoms. The van der Waals surface area contributed by atoms with Crippen molar-refractivity contribution in [3.05, 3.63) is 122 Å². The summed E-state index contributed by atoms with van der Waals surface area (Å²) in [5.41, 5.74) is 0. The van der Waals surface area contributed by atoms with Gasteiger partial charge in [0.2, 0.25) is 0 Å². The fourth-order valence-corrected chi connectivity index (χ4v) is 12.3. The largest absolute Gasteiger partial charge is 0.472 e. The molecule has 17 nitrogen and oxygen atoms in total. The first-order valence-corrected chi connectivity index (χ1v) is 43.8. The maximum Gasteiger partial charge on any atom is 0.472 e. The minimum absolute atomic E-state index is 0.0585. The summed E-state index contributed by atoms with van der Waals surface area (Å²) in [6.45, 7) is 4.60. The Kier molecular flexibility index (Phi) is 73.3. The Morgan fingerprint density at radius 2 is 0.500 bits per heavy atom. The van der Waals surface area contributed by atoms with Gasteiger partial charge in [-0.3, -0.25) is 37.3 Å². The molecular formula is C85H146O17P2. The molecule has 0 saturated heterocycles. The molecule has 0 radical (unpaired) electrons. The highest BCUT2D eigenvalue weighted by Crippen LogP contribution is 2.45. The quantitative estimate of drug-likeness (QED) is 0.0169. The lowest BCUT2D eigenvalue weighted by molar-refractivity contribution is -0.161. The van der Waals surface area contributed by atoms with Crippen LogP contribution >= 0.6 is 15.6 Å². The van der Waals surface area contributed by atoms with Crippen molar-refractivity contribution in [1.82, 2.24) is 0 Å². The molecule has 0 amide bonds. The van der Waals surface area contributed by atoms with Crippen LogP contribution in [0.3, 0.4) is 0 Å². The third kappa shape index (κ3) is 75.7. The fraction of sp³-hybridized carbons (Fsp3) is 0.718. The molecule has 5 atom stereocenters. The fourth-order valence-electron chi connectivity index (χ4n) is 10.7. The van der Waals surface area contributed by atoms with Crippen molar-refractivity contribution in [2.75, 3.05) is 39.6 Å². The van der Waals surface area contributed by atoms with Crippen LogP contribution < -0.4 is 0 Å². The number of aliphatic hydroxyl groups is 1. The SMILES string of the molecule is CCC=CCC=CCC=CCC=CCCCCCCC(=O)OCC(COP(=O)(O)OCC(O)COP(=O)(O)OCC(COC(=O)CCCCCCCC=CCCCCCCCC)OC(=O)CCCCCCCC=CCCCCCCCC)OC(=O)CCCCCCC=CCC=CCC=CCC=CCC. The van der Waals surface area contributed by atoms with Crippen LogP contribution in [0.4, 0.5) is 0 Å². The predicted molar refractivity (Wildman–Crippen MR) is 427 cm³/mol. The highest BCUT2D eigenvalue weighted by molar-refractivity contribution is 7.47. The molecule has 0 aliphatic heterocycles. The number of phosphoric ester groups is 2. The van der Waals surface area contributed by atoms with Crippen LogP contribution in [-0.2, 0) is 65.4 Å². The molecule has 0 rings (SSSR count). The normalized spacial score (nSPS) is 14.5. The van der Waals surface area contributed by atoms with Crippen molar-refractivity contribution in [3.8, 4) is 0 Å². The zero-order valence-electron chi connectivity index (χ0n) is 65.4. The molecule has 0 heterocycles. The van der Waals surface area contributed by atoms with Gasteiger partial charge < -0.3 is 33.8 Å². The van der Waals surface area contributed by atoms with Crippen LogP contribution in [0.1, 0.15) is 336 Å². The van der Waals surface area contributed by atoms with E-state index in [4.69, 9.17) is 37.0 Å². The standard InChI is InChI=1S/C85H146O17P2/c1-5-9-13-17-21-25-29-33-37-39-43-46-50-54-58-62-66-70-83(88)96-76-81(102-85(90)72-68-64-60-56-52-48-44-40-38-34-30-26-22-18-14-10-6-2)78-100-104(93,94)98-74-79(86)73-97-103(91,92)99-77-80(101-84(89)71-67-63-59-55-51-47-42-36-32-28-24-20-16-12-8-4)75-95-82(87)69-65-61-57-53-49-45-41-35-31-27-23-19-15-11-7-3/h9-10,13-14,21-22,25-26,33-38,41-44,46,48,79-81,86H,5-8,11-12,15-20,23-24,27-32,39-40,45,47,49-78H2,1-4H3,(H,91,92)(H,93,94). The summed E-state index contributed by atoms with van der Waals surface area (Å²) in [5.74, 6) is -2.24. The van der Waals surface area contributed by atoms with E-state index in [-0.39, 0.29) is 25.7 Å². The number of allylic oxidation sites excluding steroid dienone is 20. The predicted octanol–water partition coefficient (Wildman–Crippen LogP) is 23.9. The van der Waals surface area contributed by atoms with E-state index >= 15 is 0 Å². The number of hydrogen-bond donors (Lipinski definition) is 3. The molecule has 598 valence electrons. The number of carbonyl (C=O) groups excluding carboxylic acids is 4. The number of aliphatic hydroxyl groups excluding tert-OH is 1. The van der Waals surface area contributed by atoms with Gasteiger partial charge in [-0.2, -0.15) is 0 Å². The lowest BCUT2D eigenvalue weighted by Gasteiger charge is -2.21. The van der Waals surface area contributed by atoms with E-state index in [1.54, 1.807) is 0 Å². The number of phosphoric acid groups is 2. The van der Waals surface area contributed by atoms with Crippen molar-refractivity contribution in [2.45, 2.75) is 354 Å². The van der Waals surface area contributed by atoms with Crippen molar-refractivity contribution in [1.29, 1.82) is 0 Å². The van der Waals surface area contributed by atoms with Gasteiger partial charge in [0.1, 0.15) is 19.3 Å². The summed E-state index contributed by atoms with van der Waals surface area (Å²) >= 11 is 0. The monoisotopic (exact) mass is 1500 g/mol. The second kappa shape index (κ2) is 76.6. The van der Waals surface area contributed by atoms with Gasteiger partial charge in [0.25, 0.3) is 0 Å². The smallest absolute Gasteiger partial charge is 0.462 e. The van der Waals surface area contributed by atoms with Gasteiger partial charge >= 0.3 is 39.5 Å². The van der Waals surface area contributed by atoms with E-state index < -0.39 is 97.5 Å². The van der Waals surface area contributed by atoms with Crippen LogP contribution in [-0.4, -0.2) is 96.7 Å². The number of rotatable bonds is 76. The summed E-state index contributed by atoms with van der Waals surface area (Å²) in [6.07, 6.45) is 84.5. The second-order valence-corrected chi connectivity index (χ2v) is 29.8. The van der Waals surface area contributed by atoms with E-state index in [9.17, 15) is 43.2 Å². The van der Waals surface area contributed by atoms with E-state index in [0.717, 1.165) is 180 Å². The van der Waals surface area contributed by atoms with Crippen LogP contribution in [0.5, 0.6) is 0 Å². The minimum Gasteiger partial charge on any atom is -0.462 e. The average molecular weight is 1500 g/mol. The topological polar surface area (TPSA) is 237 Å². The molecule has 0 bridgehead atoms. The number of unbranched alkanes of at least 4 members (excludes halogenated alkanes) is 30. The van der Waals surface area contributed by atoms with E-state index in [1.165, 1.54) is 77.0 Å². The molecule has 3 N–H and O–H groups in total. The Labute approximate surface area is 632 Å². The summed E-state index contributed by atoms with van der Waals surface area (Å²) in [5, 5.41) is 10.7. The molecule has 0 fully saturated rings. The summed E-state index contributed by atoms with van der Waals surface area (Å²) < 4.78 is 68.6. The van der Waals surface area contributed by atoms with Crippen LogP contribution in [0.2, 0.25) is 0 Å². The van der Waals surface area contributed by atoms with Gasteiger partial charge in [-0.15, -0.1) is 0 Å². The zero-order valence-corrected chi connectivity index (χ0v) is 67.2. The van der Waals surface area contributed by atoms with Crippen LogP contribution in [0.15, 0.2) is 122 Å². The lowest BCUT2D eigenvalue weighted by atomic mass is 10.1. The van der Waals surface area contributed by atoms with E-state index in [2.05, 4.69) is 149 Å². The van der Waals surface area contributed by atoms with Gasteiger partial charge in [0.05, 0.1) is 26.4 Å². The second-order valence-electron chi connectivity index (χ2n) is 26.9. The third-order valence-electron chi connectivity index (χ3n) is 16.9. The van der Waals surface area contributed by atoms with Gasteiger partial charge in [-0.25, -0.2) is 9.13 Å². The Hall–Kier alpha value is -4.54. The molecule has 104 heavy (non-hydrogen) atoms. The summed E-state index contributed by atoms with van der Waals surface area (Å²) in [7, 11) is -9.98. The Morgan fingerprint density at radius 3 is 0.779 bits per heavy atom. The van der Waals surface area contributed by atoms with Crippen LogP contribution in [0, 0.1) is 0 Å². The number of esters is 4. The molecule has 0 aliphatic rings. The molecule has 0 saturated carbocycles. The Bertz CT molecular complexity index is 2440. The number of carbonyl (C=O) groups is 4. The molecular weight excluding hydrogens is 1350 g/mol. The highest BCUT2D eigenvalue weighted by Gasteiger charge is 2.30. The molecule has 0 spiro atoms. The molecule has 5 unspecified atom stereocenters. The minimum atomic E-state index is -4.99. The maximum atomic E-state index is 13.1. The van der Waals surface area contributed by atoms with Gasteiger partial charge in [0.15, 0.2) is 12.2 Å².